The fourth-order valence-corrected chi connectivity index (χ4v) is 20.9. The van der Waals surface area contributed by atoms with Gasteiger partial charge in [0.2, 0.25) is 28.4 Å². The molecule has 147 heavy (non-hydrogen) atoms. The number of hydrogen-bond acceptors (Lipinski definition) is 29. The summed E-state index contributed by atoms with van der Waals surface area (Å²) in [7, 11) is 11.8. The van der Waals surface area contributed by atoms with E-state index in [-0.39, 0.29) is 127 Å². The van der Waals surface area contributed by atoms with Crippen LogP contribution in [0.3, 0.4) is 0 Å². The zero-order chi connectivity index (χ0) is 108. The van der Waals surface area contributed by atoms with Crippen molar-refractivity contribution in [2.45, 2.75) is 221 Å². The Bertz CT molecular complexity index is 6970. The second-order valence-corrected chi connectivity index (χ2v) is 39.1. The number of anilines is 3. The lowest BCUT2D eigenvalue weighted by Crippen LogP contribution is -2.35. The van der Waals surface area contributed by atoms with Crippen LogP contribution in [0.25, 0.3) is 88.6 Å². The van der Waals surface area contributed by atoms with E-state index in [2.05, 4.69) is 70.9 Å². The van der Waals surface area contributed by atoms with E-state index in [1.807, 2.05) is 62.3 Å². The third-order valence-corrected chi connectivity index (χ3v) is 28.7. The number of nitrogens with one attached hydrogen (secondary N) is 3. The number of nitrogens with zero attached hydrogens (tertiary/aromatic N) is 12. The highest BCUT2D eigenvalue weighted by molar-refractivity contribution is 6.66. The Kier molecular flexibility index (Phi) is 43.2. The molecule has 4 aliphatic carbocycles. The highest BCUT2D eigenvalue weighted by Crippen LogP contribution is 2.51. The molecule has 8 heterocycles. The first-order chi connectivity index (χ1) is 70.2. The van der Waals surface area contributed by atoms with Gasteiger partial charge in [-0.2, -0.15) is 19.9 Å². The predicted molar refractivity (Wildman–Crippen MR) is 590 cm³/mol. The molecule has 4 fully saturated rings. The molecule has 3 unspecified atom stereocenters. The maximum atomic E-state index is 13.7. The van der Waals surface area contributed by atoms with Crippen LogP contribution in [0.4, 0.5) is 17.8 Å². The van der Waals surface area contributed by atoms with E-state index in [9.17, 15) is 33.6 Å². The summed E-state index contributed by atoms with van der Waals surface area (Å²) in [5, 5.41) is 14.0. The van der Waals surface area contributed by atoms with Crippen LogP contribution in [0, 0.1) is 17.8 Å². The molecule has 0 bridgehead atoms. The number of hydrogen-bond donors (Lipinski definition) is 5. The second kappa shape index (κ2) is 53.9. The number of aromatic nitrogens is 12. The molecule has 8 aromatic heterocycles. The number of fused-ring (bicyclic) bond motifs is 4. The smallest absolute Gasteiger partial charge is 0.306 e. The summed E-state index contributed by atoms with van der Waals surface area (Å²) in [5.74, 6) is 4.95. The number of allylic oxidation sites excluding steroid dienone is 2. The molecule has 0 aliphatic heterocycles. The maximum absolute atomic E-state index is 13.7. The molecular weight excluding hydrogens is 2100 g/mol. The largest absolute Gasteiger partial charge is 0.495 e. The molecule has 4 aliphatic rings. The van der Waals surface area contributed by atoms with Crippen molar-refractivity contribution in [3.8, 4) is 90.5 Å². The number of halogens is 10. The van der Waals surface area contributed by atoms with Gasteiger partial charge in [-0.25, -0.2) is 19.9 Å². The molecule has 0 saturated heterocycles. The number of benzene rings is 4. The van der Waals surface area contributed by atoms with Gasteiger partial charge in [0.05, 0.1) is 126 Å². The SMILES string of the molecule is C=CC(=O)C[C@H]1CCCC1Nc1ncc2cc(-c3c(Cl)c(OC)cc(OC)c3Cl)c(=O)n(CC)c2n1.C=CC(=O)Cl.CC.CCn1c(=O)c(-c2c(Cl)c(OC)cc(OC)c2Cl)cc2cnc(Cl)nc21.CCn1c(=O)c(-c2c(Cl)c(OC)cc(OC)c2Cl)cc2cnc(NC3CCC[C@@H]3CC(=O)OC(C)(C)C)nc21.CCn1c(=O)c(-c2c(Cl)c(OC)cc(OC)c2Cl)cc2cnc(NC3CCC[C@@H]3N)nc21.C[C@H]1CCC[C@H]1N. The minimum atomic E-state index is -0.521. The van der Waals surface area contributed by atoms with E-state index in [4.69, 9.17) is 175 Å². The summed E-state index contributed by atoms with van der Waals surface area (Å²) in [5.41, 5.74) is 14.5. The third-order valence-electron chi connectivity index (χ3n) is 25.4. The van der Waals surface area contributed by atoms with Crippen molar-refractivity contribution in [3.05, 3.63) is 186 Å². The number of carbonyl (C=O) groups excluding carboxylic acids is 3. The zero-order valence-electron chi connectivity index (χ0n) is 85.2. The number of esters is 1. The lowest BCUT2D eigenvalue weighted by atomic mass is 9.97. The van der Waals surface area contributed by atoms with Gasteiger partial charge in [-0.3, -0.25) is 51.8 Å². The Morgan fingerprint density at radius 2 is 0.660 bits per heavy atom. The Morgan fingerprint density at radius 3 is 0.905 bits per heavy atom. The molecule has 7 N–H and O–H groups in total. The number of pyridine rings is 4. The summed E-state index contributed by atoms with van der Waals surface area (Å²) < 4.78 is 54.5. The van der Waals surface area contributed by atoms with E-state index >= 15 is 0 Å². The van der Waals surface area contributed by atoms with Crippen molar-refractivity contribution < 1.29 is 57.0 Å². The first-order valence-electron chi connectivity index (χ1n) is 47.9. The highest BCUT2D eigenvalue weighted by Gasteiger charge is 2.36. The summed E-state index contributed by atoms with van der Waals surface area (Å²) in [6, 6.07) is 13.8. The molecule has 43 heteroatoms. The van der Waals surface area contributed by atoms with Gasteiger partial charge in [-0.05, 0) is 184 Å². The summed E-state index contributed by atoms with van der Waals surface area (Å²) >= 11 is 63.0. The molecule has 33 nitrogen and oxygen atoms in total. The van der Waals surface area contributed by atoms with Crippen LogP contribution < -0.4 is 87.5 Å². The molecule has 12 aromatic rings. The van der Waals surface area contributed by atoms with Crippen LogP contribution in [-0.4, -0.2) is 168 Å². The van der Waals surface area contributed by atoms with Gasteiger partial charge in [0, 0.05) is 156 Å². The minimum Gasteiger partial charge on any atom is -0.495 e. The van der Waals surface area contributed by atoms with E-state index in [0.29, 0.717) is 186 Å². The van der Waals surface area contributed by atoms with Crippen LogP contribution in [-0.2, 0) is 45.3 Å². The topological polar surface area (TPSA) is 414 Å². The van der Waals surface area contributed by atoms with Gasteiger partial charge >= 0.3 is 5.97 Å². The number of nitrogens with two attached hydrogens (primary N) is 2. The van der Waals surface area contributed by atoms with Gasteiger partial charge in [-0.1, -0.05) is 146 Å². The molecule has 16 rings (SSSR count). The highest BCUT2D eigenvalue weighted by atomic mass is 35.5. The van der Waals surface area contributed by atoms with Gasteiger partial charge in [-0.15, -0.1) is 0 Å². The number of carbonyl (C=O) groups is 3. The second-order valence-electron chi connectivity index (χ2n) is 35.4. The number of ether oxygens (including phenoxy) is 9. The quantitative estimate of drug-likeness (QED) is 0.0132. The zero-order valence-corrected chi connectivity index (χ0v) is 92.7. The summed E-state index contributed by atoms with van der Waals surface area (Å²) in [6.45, 7) is 27.4. The Balaban J connectivity index is 0.000000193. The van der Waals surface area contributed by atoms with E-state index in [1.54, 1.807) is 87.0 Å². The summed E-state index contributed by atoms with van der Waals surface area (Å²) in [6.07, 6.45) is 22.4. The molecule has 0 amide bonds. The lowest BCUT2D eigenvalue weighted by molar-refractivity contribution is -0.156. The van der Waals surface area contributed by atoms with Crippen molar-refractivity contribution in [3.63, 3.8) is 0 Å². The van der Waals surface area contributed by atoms with Gasteiger partial charge in [0.15, 0.2) is 5.78 Å². The van der Waals surface area contributed by atoms with Crippen LogP contribution in [0.2, 0.25) is 45.5 Å². The monoisotopic (exact) mass is 2220 g/mol. The molecule has 790 valence electrons. The standard InChI is InChI=1S/C28H34Cl2N4O5.C26H28Cl2N4O4.C22H25Cl2N5O3.C17H14Cl3N3O3.C6H13N.C3H3ClO.C2H6/c1-7-34-25-16(11-17(26(34)36)22-23(29)19(37-5)13-20(38-6)24(22)30)14-31-27(33-25)32-18-10-8-9-15(18)12-21(35)39-28(2,3)4;1-5-16(33)10-14-8-7-9-18(14)30-26-29-13-15-11-17(25(34)32(6-2)24(15)31-26)21-22(27)19(35-3)12-20(36-4)23(21)28;1-4-29-20-11(10-26-22(28-20)27-14-7-5-6-13(14)25)8-12(21(29)30)17-18(23)15(31-2)9-16(32-3)19(17)24;1-4-23-15-8(7-21-17(20)22-15)5-9(16(23)24)12-13(18)10(25-2)6-11(26-3)14(12)19;1-5-3-2-4-6(5)7;1-2-3(4)5;1-2/h11,13-15,18H,7-10,12H2,1-6H3,(H,31,32,33);5,11-14,18H,1,6-10H2,2-4H3,(H,29,30,31);8-10,13-14H,4-7,25H2,1-3H3,(H,26,27,28);5-7H,4H2,1-3H3;5-6H,2-4,7H2,1H3;2H,1H2;1-2H3/t15-,18?;14-,18?;13-,14?;;5-,6+;;/m110.0../s1. The minimum absolute atomic E-state index is 0.0258. The third kappa shape index (κ3) is 27.6. The van der Waals surface area contributed by atoms with Crippen LogP contribution in [0.1, 0.15) is 159 Å². The fourth-order valence-electron chi connectivity index (χ4n) is 17.9. The lowest BCUT2D eigenvalue weighted by Gasteiger charge is -2.24. The van der Waals surface area contributed by atoms with Crippen molar-refractivity contribution in [1.29, 1.82) is 0 Å². The number of ketones is 1. The Hall–Kier alpha value is -11.1. The molecular formula is C104H123Cl10N17O16. The molecule has 0 spiro atoms. The average Bonchev–Trinajstić information content (AvgIpc) is 1.76. The van der Waals surface area contributed by atoms with Crippen molar-refractivity contribution in [2.75, 3.05) is 72.8 Å². The maximum Gasteiger partial charge on any atom is 0.306 e. The van der Waals surface area contributed by atoms with Crippen molar-refractivity contribution in [2.24, 2.45) is 29.2 Å². The van der Waals surface area contributed by atoms with E-state index in [0.717, 1.165) is 69.8 Å². The van der Waals surface area contributed by atoms with Crippen LogP contribution in [0.15, 0.2) is 118 Å². The van der Waals surface area contributed by atoms with Crippen molar-refractivity contribution >= 4 is 195 Å². The van der Waals surface area contributed by atoms with Gasteiger partial charge < -0.3 is 70.0 Å². The van der Waals surface area contributed by atoms with E-state index < -0.39 is 10.8 Å². The van der Waals surface area contributed by atoms with E-state index in [1.165, 1.54) is 86.8 Å². The summed E-state index contributed by atoms with van der Waals surface area (Å²) in [4.78, 5) is 123. The molecule has 4 saturated carbocycles. The first kappa shape index (κ1) is 118. The van der Waals surface area contributed by atoms with Crippen LogP contribution in [0.5, 0.6) is 46.0 Å². The molecule has 4 aromatic carbocycles. The van der Waals surface area contributed by atoms with Gasteiger partial charge in [0.25, 0.3) is 22.2 Å². The van der Waals surface area contributed by atoms with Crippen molar-refractivity contribution in [1.82, 2.24) is 58.1 Å². The molecule has 0 radical (unpaired) electrons. The predicted octanol–water partition coefficient (Wildman–Crippen LogP) is 23.3. The number of rotatable bonds is 28. The van der Waals surface area contributed by atoms with Gasteiger partial charge in [0.1, 0.15) is 74.2 Å². The normalized spacial score (nSPS) is 17.0. The number of aryl methyl sites for hydroxylation is 4. The first-order valence-corrected chi connectivity index (χ1v) is 51.7. The Morgan fingerprint density at radius 1 is 0.395 bits per heavy atom. The fraction of sp³-hybridized carbons (Fsp3) is 0.433. The Labute approximate surface area is 902 Å². The number of methoxy groups -OCH3 is 8. The van der Waals surface area contributed by atoms with Crippen LogP contribution >= 0.6 is 116 Å². The molecule has 8 atom stereocenters. The average molecular weight is 2220 g/mol.